The number of carbonyl (C=O) groups excluding carboxylic acids is 2. The minimum absolute atomic E-state index is 0.0954. The Kier molecular flexibility index (Phi) is 6.29. The first-order chi connectivity index (χ1) is 12.9. The van der Waals surface area contributed by atoms with Crippen LogP contribution in [0.15, 0.2) is 29.2 Å². The third-order valence-electron chi connectivity index (χ3n) is 5.35. The standard InChI is InChI=1S/C19H27N3O4S/c1-15(23)16-3-5-18(6-4-16)27(25,26)22-12-7-17(8-13-22)19(24)21-11-2-9-20-10-14-21/h3-6,17,20H,2,7-14H2,1H3. The molecule has 1 amide bonds. The average Bonchev–Trinajstić information content (AvgIpc) is 2.97. The van der Waals surface area contributed by atoms with E-state index in [4.69, 9.17) is 0 Å². The molecule has 2 fully saturated rings. The van der Waals surface area contributed by atoms with Gasteiger partial charge in [0.15, 0.2) is 5.78 Å². The first-order valence-electron chi connectivity index (χ1n) is 9.50. The fourth-order valence-electron chi connectivity index (χ4n) is 3.68. The van der Waals surface area contributed by atoms with Gasteiger partial charge in [0.2, 0.25) is 15.9 Å². The van der Waals surface area contributed by atoms with Gasteiger partial charge in [-0.15, -0.1) is 0 Å². The maximum Gasteiger partial charge on any atom is 0.243 e. The number of amides is 1. The summed E-state index contributed by atoms with van der Waals surface area (Å²) in [7, 11) is -3.60. The first-order valence-corrected chi connectivity index (χ1v) is 10.9. The molecule has 0 spiro atoms. The van der Waals surface area contributed by atoms with E-state index in [0.29, 0.717) is 31.5 Å². The van der Waals surface area contributed by atoms with Crippen molar-refractivity contribution in [2.75, 3.05) is 39.3 Å². The number of sulfonamides is 1. The van der Waals surface area contributed by atoms with Crippen LogP contribution < -0.4 is 5.32 Å². The molecule has 2 aliphatic rings. The number of hydrogen-bond acceptors (Lipinski definition) is 5. The summed E-state index contributed by atoms with van der Waals surface area (Å²) in [4.78, 5) is 26.2. The highest BCUT2D eigenvalue weighted by Gasteiger charge is 2.33. The highest BCUT2D eigenvalue weighted by molar-refractivity contribution is 7.89. The molecule has 0 atom stereocenters. The quantitative estimate of drug-likeness (QED) is 0.775. The molecule has 0 radical (unpaired) electrons. The molecule has 7 nitrogen and oxygen atoms in total. The number of piperidine rings is 1. The number of rotatable bonds is 4. The summed E-state index contributed by atoms with van der Waals surface area (Å²) in [6, 6.07) is 6.04. The summed E-state index contributed by atoms with van der Waals surface area (Å²) in [6.45, 7) is 5.38. The molecule has 2 saturated heterocycles. The normalized spacial score (nSPS) is 20.3. The van der Waals surface area contributed by atoms with Crippen LogP contribution in [0.4, 0.5) is 0 Å². The highest BCUT2D eigenvalue weighted by Crippen LogP contribution is 2.25. The van der Waals surface area contributed by atoms with Crippen molar-refractivity contribution in [2.45, 2.75) is 31.1 Å². The van der Waals surface area contributed by atoms with Crippen LogP contribution in [0.25, 0.3) is 0 Å². The Bertz CT molecular complexity index is 776. The molecule has 2 aliphatic heterocycles. The maximum atomic E-state index is 12.8. The van der Waals surface area contributed by atoms with E-state index >= 15 is 0 Å². The molecule has 27 heavy (non-hydrogen) atoms. The summed E-state index contributed by atoms with van der Waals surface area (Å²) >= 11 is 0. The minimum atomic E-state index is -3.60. The molecule has 1 aromatic rings. The molecular formula is C19H27N3O4S. The number of nitrogens with zero attached hydrogens (tertiary/aromatic N) is 2. The zero-order chi connectivity index (χ0) is 19.4. The molecule has 1 N–H and O–H groups in total. The number of benzene rings is 1. The Morgan fingerprint density at radius 2 is 1.67 bits per heavy atom. The van der Waals surface area contributed by atoms with Gasteiger partial charge in [0.25, 0.3) is 0 Å². The minimum Gasteiger partial charge on any atom is -0.341 e. The van der Waals surface area contributed by atoms with E-state index in [-0.39, 0.29) is 22.5 Å². The summed E-state index contributed by atoms with van der Waals surface area (Å²) in [5.74, 6) is -0.0433. The predicted molar refractivity (Wildman–Crippen MR) is 102 cm³/mol. The lowest BCUT2D eigenvalue weighted by Gasteiger charge is -2.33. The fraction of sp³-hybridized carbons (Fsp3) is 0.579. The van der Waals surface area contributed by atoms with E-state index in [1.807, 2.05) is 4.90 Å². The second kappa shape index (κ2) is 8.50. The van der Waals surface area contributed by atoms with Crippen molar-refractivity contribution in [2.24, 2.45) is 5.92 Å². The second-order valence-electron chi connectivity index (χ2n) is 7.19. The van der Waals surface area contributed by atoms with Gasteiger partial charge in [-0.1, -0.05) is 12.1 Å². The molecule has 148 valence electrons. The van der Waals surface area contributed by atoms with E-state index in [1.165, 1.54) is 23.4 Å². The van der Waals surface area contributed by atoms with Crippen LogP contribution in [-0.2, 0) is 14.8 Å². The predicted octanol–water partition coefficient (Wildman–Crippen LogP) is 1.11. The van der Waals surface area contributed by atoms with Crippen molar-refractivity contribution in [3.63, 3.8) is 0 Å². The van der Waals surface area contributed by atoms with Crippen LogP contribution >= 0.6 is 0 Å². The molecule has 0 saturated carbocycles. The Hall–Kier alpha value is -1.77. The van der Waals surface area contributed by atoms with Crippen molar-refractivity contribution in [3.05, 3.63) is 29.8 Å². The van der Waals surface area contributed by atoms with E-state index in [1.54, 1.807) is 12.1 Å². The molecule has 0 bridgehead atoms. The van der Waals surface area contributed by atoms with Gasteiger partial charge in [0.05, 0.1) is 4.90 Å². The van der Waals surface area contributed by atoms with Crippen molar-refractivity contribution >= 4 is 21.7 Å². The molecule has 3 rings (SSSR count). The Morgan fingerprint density at radius 1 is 1.00 bits per heavy atom. The van der Waals surface area contributed by atoms with Gasteiger partial charge in [-0.05, 0) is 44.9 Å². The summed E-state index contributed by atoms with van der Waals surface area (Å²) in [5, 5.41) is 3.29. The summed E-state index contributed by atoms with van der Waals surface area (Å²) in [6.07, 6.45) is 2.05. The Balaban J connectivity index is 1.62. The number of nitrogens with one attached hydrogen (secondary N) is 1. The lowest BCUT2D eigenvalue weighted by molar-refractivity contribution is -0.136. The zero-order valence-electron chi connectivity index (χ0n) is 15.7. The van der Waals surface area contributed by atoms with E-state index in [0.717, 1.165) is 32.6 Å². The topological polar surface area (TPSA) is 86.8 Å². The van der Waals surface area contributed by atoms with Crippen LogP contribution in [0.1, 0.15) is 36.5 Å². The number of ketones is 1. The number of carbonyl (C=O) groups is 2. The monoisotopic (exact) mass is 393 g/mol. The summed E-state index contributed by atoms with van der Waals surface area (Å²) < 4.78 is 27.1. The second-order valence-corrected chi connectivity index (χ2v) is 9.13. The van der Waals surface area contributed by atoms with Crippen LogP contribution in [0.3, 0.4) is 0 Å². The number of hydrogen-bond donors (Lipinski definition) is 1. The van der Waals surface area contributed by atoms with Crippen LogP contribution in [-0.4, -0.2) is 68.6 Å². The van der Waals surface area contributed by atoms with Crippen LogP contribution in [0, 0.1) is 5.92 Å². The van der Waals surface area contributed by atoms with Crippen molar-refractivity contribution in [3.8, 4) is 0 Å². The largest absolute Gasteiger partial charge is 0.341 e. The molecule has 0 aromatic heterocycles. The van der Waals surface area contributed by atoms with Crippen molar-refractivity contribution < 1.29 is 18.0 Å². The molecular weight excluding hydrogens is 366 g/mol. The number of Topliss-reactive ketones (excluding diaryl/α,β-unsaturated/α-hetero) is 1. The van der Waals surface area contributed by atoms with E-state index in [9.17, 15) is 18.0 Å². The SMILES string of the molecule is CC(=O)c1ccc(S(=O)(=O)N2CCC(C(=O)N3CCCNCC3)CC2)cc1. The third-order valence-corrected chi connectivity index (χ3v) is 7.27. The van der Waals surface area contributed by atoms with Gasteiger partial charge < -0.3 is 10.2 Å². The smallest absolute Gasteiger partial charge is 0.243 e. The highest BCUT2D eigenvalue weighted by atomic mass is 32.2. The molecule has 1 aromatic carbocycles. The van der Waals surface area contributed by atoms with Crippen LogP contribution in [0.2, 0.25) is 0 Å². The maximum absolute atomic E-state index is 12.8. The summed E-state index contributed by atoms with van der Waals surface area (Å²) in [5.41, 5.74) is 0.491. The van der Waals surface area contributed by atoms with Gasteiger partial charge >= 0.3 is 0 Å². The van der Waals surface area contributed by atoms with Gasteiger partial charge in [0, 0.05) is 44.2 Å². The first kappa shape index (κ1) is 20.0. The lowest BCUT2D eigenvalue weighted by atomic mass is 9.96. The van der Waals surface area contributed by atoms with Gasteiger partial charge in [-0.3, -0.25) is 9.59 Å². The van der Waals surface area contributed by atoms with Gasteiger partial charge in [-0.25, -0.2) is 8.42 Å². The zero-order valence-corrected chi connectivity index (χ0v) is 16.5. The van der Waals surface area contributed by atoms with Crippen molar-refractivity contribution in [1.82, 2.24) is 14.5 Å². The lowest BCUT2D eigenvalue weighted by Crippen LogP contribution is -2.45. The molecule has 2 heterocycles. The third kappa shape index (κ3) is 4.56. The fourth-order valence-corrected chi connectivity index (χ4v) is 5.15. The Morgan fingerprint density at radius 3 is 2.30 bits per heavy atom. The van der Waals surface area contributed by atoms with Crippen molar-refractivity contribution in [1.29, 1.82) is 0 Å². The van der Waals surface area contributed by atoms with E-state index in [2.05, 4.69) is 5.32 Å². The molecule has 8 heteroatoms. The van der Waals surface area contributed by atoms with Crippen LogP contribution in [0.5, 0.6) is 0 Å². The molecule has 0 aliphatic carbocycles. The van der Waals surface area contributed by atoms with Gasteiger partial charge in [-0.2, -0.15) is 4.31 Å². The average molecular weight is 394 g/mol. The van der Waals surface area contributed by atoms with Gasteiger partial charge in [0.1, 0.15) is 0 Å². The molecule has 0 unspecified atom stereocenters. The Labute approximate surface area is 160 Å². The van der Waals surface area contributed by atoms with E-state index < -0.39 is 10.0 Å².